The highest BCUT2D eigenvalue weighted by atomic mass is 32.2. The number of carbonyl (C=O) groups excluding carboxylic acids is 1. The summed E-state index contributed by atoms with van der Waals surface area (Å²) in [6.07, 6.45) is 2.28. The molecule has 2 heterocycles. The first-order valence-corrected chi connectivity index (χ1v) is 10.6. The van der Waals surface area contributed by atoms with Gasteiger partial charge in [-0.15, -0.1) is 16.4 Å². The van der Waals surface area contributed by atoms with E-state index < -0.39 is 0 Å². The Balaban J connectivity index is 1.51. The standard InChI is InChI=1S/C18H20N6OS2/c1-11-4-5-16(8-12(11)2)23(13(3)25)17-19-14(9-26-17)10-27-18-20-21-22-24(18)15-6-7-15/h4-5,8-9,15H,6-7,10H2,1-3H3. The van der Waals surface area contributed by atoms with Crippen molar-refractivity contribution in [2.24, 2.45) is 0 Å². The molecule has 1 amide bonds. The summed E-state index contributed by atoms with van der Waals surface area (Å²) in [5.41, 5.74) is 4.11. The van der Waals surface area contributed by atoms with Gasteiger partial charge in [-0.2, -0.15) is 0 Å². The van der Waals surface area contributed by atoms with Gasteiger partial charge in [-0.1, -0.05) is 17.8 Å². The Hall–Kier alpha value is -2.26. The average molecular weight is 401 g/mol. The van der Waals surface area contributed by atoms with E-state index in [2.05, 4.69) is 27.4 Å². The molecule has 9 heteroatoms. The zero-order valence-electron chi connectivity index (χ0n) is 15.4. The third-order valence-corrected chi connectivity index (χ3v) is 6.34. The van der Waals surface area contributed by atoms with E-state index >= 15 is 0 Å². The maximum atomic E-state index is 12.3. The molecular weight excluding hydrogens is 380 g/mol. The summed E-state index contributed by atoms with van der Waals surface area (Å²) in [5.74, 6) is 0.618. The second kappa shape index (κ2) is 7.40. The van der Waals surface area contributed by atoms with Crippen LogP contribution in [-0.4, -0.2) is 31.1 Å². The minimum absolute atomic E-state index is 0.0514. The summed E-state index contributed by atoms with van der Waals surface area (Å²) in [6, 6.07) is 6.47. The van der Waals surface area contributed by atoms with Crippen LogP contribution in [0.4, 0.5) is 10.8 Å². The summed E-state index contributed by atoms with van der Waals surface area (Å²) in [7, 11) is 0. The van der Waals surface area contributed by atoms with Crippen LogP contribution in [0.3, 0.4) is 0 Å². The van der Waals surface area contributed by atoms with Gasteiger partial charge in [0.05, 0.1) is 17.4 Å². The van der Waals surface area contributed by atoms with Gasteiger partial charge in [0.2, 0.25) is 11.1 Å². The molecule has 140 valence electrons. The molecule has 27 heavy (non-hydrogen) atoms. The van der Waals surface area contributed by atoms with Crippen LogP contribution >= 0.6 is 23.1 Å². The molecule has 0 saturated heterocycles. The molecule has 1 aliphatic rings. The number of aromatic nitrogens is 5. The van der Waals surface area contributed by atoms with Crippen LogP contribution in [0, 0.1) is 13.8 Å². The molecule has 1 fully saturated rings. The highest BCUT2D eigenvalue weighted by Crippen LogP contribution is 2.37. The van der Waals surface area contributed by atoms with Crippen LogP contribution in [0.15, 0.2) is 28.7 Å². The maximum Gasteiger partial charge on any atom is 0.230 e. The third kappa shape index (κ3) is 3.89. The van der Waals surface area contributed by atoms with Crippen LogP contribution in [0.1, 0.15) is 42.6 Å². The first-order chi connectivity index (χ1) is 13.0. The molecule has 2 aromatic heterocycles. The van der Waals surface area contributed by atoms with Crippen molar-refractivity contribution in [1.29, 1.82) is 0 Å². The second-order valence-corrected chi connectivity index (χ2v) is 8.45. The van der Waals surface area contributed by atoms with Crippen molar-refractivity contribution in [1.82, 2.24) is 25.2 Å². The van der Waals surface area contributed by atoms with Crippen LogP contribution in [0.25, 0.3) is 0 Å². The number of thiazole rings is 1. The normalized spacial score (nSPS) is 13.7. The number of carbonyl (C=O) groups is 1. The molecule has 1 aromatic carbocycles. The van der Waals surface area contributed by atoms with Gasteiger partial charge in [0.25, 0.3) is 0 Å². The van der Waals surface area contributed by atoms with Crippen LogP contribution in [0.5, 0.6) is 0 Å². The van der Waals surface area contributed by atoms with Crippen molar-refractivity contribution >= 4 is 39.8 Å². The zero-order valence-corrected chi connectivity index (χ0v) is 17.0. The number of hydrogen-bond donors (Lipinski definition) is 0. The highest BCUT2D eigenvalue weighted by Gasteiger charge is 2.28. The van der Waals surface area contributed by atoms with E-state index in [0.717, 1.165) is 34.9 Å². The molecule has 3 aromatic rings. The fraction of sp³-hybridized carbons (Fsp3) is 0.389. The zero-order chi connectivity index (χ0) is 19.0. The van der Waals surface area contributed by atoms with Gasteiger partial charge in [0, 0.05) is 18.1 Å². The van der Waals surface area contributed by atoms with Crippen molar-refractivity contribution < 1.29 is 4.79 Å². The SMILES string of the molecule is CC(=O)N(c1ccc(C)c(C)c1)c1nc(CSc2nnnn2C2CC2)cs1. The molecule has 4 rings (SSSR count). The lowest BCUT2D eigenvalue weighted by Crippen LogP contribution is -2.22. The molecule has 1 aliphatic carbocycles. The average Bonchev–Trinajstić information content (AvgIpc) is 3.19. The van der Waals surface area contributed by atoms with Gasteiger partial charge in [0.1, 0.15) is 0 Å². The van der Waals surface area contributed by atoms with Gasteiger partial charge in [-0.25, -0.2) is 9.67 Å². The summed E-state index contributed by atoms with van der Waals surface area (Å²) < 4.78 is 1.90. The molecule has 1 saturated carbocycles. The minimum atomic E-state index is -0.0514. The predicted octanol–water partition coefficient (Wildman–Crippen LogP) is 4.06. The minimum Gasteiger partial charge on any atom is -0.274 e. The molecular formula is C18H20N6OS2. The van der Waals surface area contributed by atoms with Crippen molar-refractivity contribution in [2.75, 3.05) is 4.90 Å². The molecule has 0 aliphatic heterocycles. The Bertz CT molecular complexity index is 978. The van der Waals surface area contributed by atoms with E-state index in [1.165, 1.54) is 16.9 Å². The smallest absolute Gasteiger partial charge is 0.230 e. The van der Waals surface area contributed by atoms with Gasteiger partial charge >= 0.3 is 0 Å². The van der Waals surface area contributed by atoms with Crippen LogP contribution in [-0.2, 0) is 10.5 Å². The van der Waals surface area contributed by atoms with Crippen LogP contribution < -0.4 is 4.90 Å². The van der Waals surface area contributed by atoms with Gasteiger partial charge in [-0.05, 0) is 60.4 Å². The number of thioether (sulfide) groups is 1. The molecule has 0 atom stereocenters. The Morgan fingerprint density at radius 2 is 2.15 bits per heavy atom. The molecule has 0 N–H and O–H groups in total. The Morgan fingerprint density at radius 3 is 2.85 bits per heavy atom. The van der Waals surface area contributed by atoms with Crippen LogP contribution in [0.2, 0.25) is 0 Å². The van der Waals surface area contributed by atoms with Gasteiger partial charge in [-0.3, -0.25) is 9.69 Å². The Kier molecular flexibility index (Phi) is 4.96. The molecule has 0 spiro atoms. The van der Waals surface area contributed by atoms with Crippen molar-refractivity contribution in [3.05, 3.63) is 40.4 Å². The largest absolute Gasteiger partial charge is 0.274 e. The first-order valence-electron chi connectivity index (χ1n) is 8.76. The monoisotopic (exact) mass is 400 g/mol. The van der Waals surface area contributed by atoms with Crippen molar-refractivity contribution in [3.63, 3.8) is 0 Å². The fourth-order valence-electron chi connectivity index (χ4n) is 2.72. The maximum absolute atomic E-state index is 12.3. The van der Waals surface area contributed by atoms with Crippen molar-refractivity contribution in [3.8, 4) is 0 Å². The quantitative estimate of drug-likeness (QED) is 0.581. The molecule has 7 nitrogen and oxygen atoms in total. The lowest BCUT2D eigenvalue weighted by Gasteiger charge is -2.19. The molecule has 0 radical (unpaired) electrons. The number of amides is 1. The number of hydrogen-bond acceptors (Lipinski definition) is 7. The van der Waals surface area contributed by atoms with Crippen molar-refractivity contribution in [2.45, 2.75) is 50.6 Å². The fourth-order valence-corrected chi connectivity index (χ4v) is 4.55. The first kappa shape index (κ1) is 18.1. The Labute approximate surface area is 165 Å². The summed E-state index contributed by atoms with van der Waals surface area (Å²) in [5, 5.41) is 15.4. The number of rotatable bonds is 6. The number of aryl methyl sites for hydroxylation is 2. The van der Waals surface area contributed by atoms with E-state index in [1.54, 1.807) is 23.6 Å². The number of benzene rings is 1. The molecule has 0 bridgehead atoms. The van der Waals surface area contributed by atoms with E-state index in [1.807, 2.05) is 35.2 Å². The molecule has 0 unspecified atom stereocenters. The van der Waals surface area contributed by atoms with Gasteiger partial charge < -0.3 is 0 Å². The summed E-state index contributed by atoms with van der Waals surface area (Å²) in [4.78, 5) is 18.6. The Morgan fingerprint density at radius 1 is 1.33 bits per heavy atom. The van der Waals surface area contributed by atoms with E-state index in [9.17, 15) is 4.79 Å². The van der Waals surface area contributed by atoms with E-state index in [0.29, 0.717) is 16.9 Å². The number of nitrogens with zero attached hydrogens (tertiary/aromatic N) is 6. The highest BCUT2D eigenvalue weighted by molar-refractivity contribution is 7.98. The second-order valence-electron chi connectivity index (χ2n) is 6.67. The number of anilines is 2. The van der Waals surface area contributed by atoms with E-state index in [-0.39, 0.29) is 5.91 Å². The van der Waals surface area contributed by atoms with E-state index in [4.69, 9.17) is 0 Å². The summed E-state index contributed by atoms with van der Waals surface area (Å²) >= 11 is 3.05. The number of tetrazole rings is 1. The predicted molar refractivity (Wildman–Crippen MR) is 106 cm³/mol. The lowest BCUT2D eigenvalue weighted by atomic mass is 10.1. The summed E-state index contributed by atoms with van der Waals surface area (Å²) in [6.45, 7) is 5.67. The third-order valence-electron chi connectivity index (χ3n) is 4.50. The topological polar surface area (TPSA) is 76.8 Å². The lowest BCUT2D eigenvalue weighted by molar-refractivity contribution is -0.115. The van der Waals surface area contributed by atoms with Gasteiger partial charge in [0.15, 0.2) is 5.13 Å².